The zero-order valence-electron chi connectivity index (χ0n) is 11.6. The van der Waals surface area contributed by atoms with Crippen molar-refractivity contribution in [2.75, 3.05) is 7.11 Å². The minimum Gasteiger partial charge on any atom is -0.406 e. The van der Waals surface area contributed by atoms with E-state index in [-0.39, 0.29) is 0 Å². The van der Waals surface area contributed by atoms with Crippen LogP contribution in [0.25, 0.3) is 0 Å². The Morgan fingerprint density at radius 2 is 1.61 bits per heavy atom. The molecule has 0 amide bonds. The summed E-state index contributed by atoms with van der Waals surface area (Å²) in [6, 6.07) is 11.8. The second-order valence-corrected chi connectivity index (χ2v) is 11.6. The van der Waals surface area contributed by atoms with E-state index in [4.69, 9.17) is 4.43 Å². The third-order valence-electron chi connectivity index (χ3n) is 3.38. The van der Waals surface area contributed by atoms with Gasteiger partial charge >= 0.3 is 0 Å². The molecule has 1 rings (SSSR count). The van der Waals surface area contributed by atoms with Crippen LogP contribution >= 0.6 is 15.3 Å². The summed E-state index contributed by atoms with van der Waals surface area (Å²) in [6.07, 6.45) is 8.04. The van der Waals surface area contributed by atoms with Crippen LogP contribution in [0.15, 0.2) is 30.3 Å². The molecule has 1 atom stereocenters. The molecular formula is C15H25BrOSi. The first-order valence-corrected chi connectivity index (χ1v) is 11.4. The molecule has 18 heavy (non-hydrogen) atoms. The fourth-order valence-electron chi connectivity index (χ4n) is 2.18. The lowest BCUT2D eigenvalue weighted by atomic mass is 10.1. The van der Waals surface area contributed by atoms with Gasteiger partial charge in [-0.3, -0.25) is 0 Å². The van der Waals surface area contributed by atoms with Gasteiger partial charge in [-0.2, -0.15) is 0 Å². The molecule has 1 nitrogen and oxygen atoms in total. The summed E-state index contributed by atoms with van der Waals surface area (Å²) in [5.41, 5.74) is 0. The molecule has 0 fully saturated rings. The highest BCUT2D eigenvalue weighted by Gasteiger charge is 2.32. The Kier molecular flexibility index (Phi) is 7.87. The summed E-state index contributed by atoms with van der Waals surface area (Å²) in [5, 5.41) is 1.35. The normalized spacial score (nSPS) is 14.4. The predicted molar refractivity (Wildman–Crippen MR) is 85.9 cm³/mol. The molecule has 0 radical (unpaired) electrons. The first kappa shape index (κ1) is 15.9. The molecule has 1 unspecified atom stereocenters. The van der Waals surface area contributed by atoms with E-state index in [1.54, 1.807) is 0 Å². The summed E-state index contributed by atoms with van der Waals surface area (Å²) in [5.74, 6) is 0. The van der Waals surface area contributed by atoms with Crippen molar-refractivity contribution >= 4 is 27.4 Å². The molecule has 3 heteroatoms. The topological polar surface area (TPSA) is 9.23 Å². The zero-order valence-corrected chi connectivity index (χ0v) is 14.2. The second-order valence-electron chi connectivity index (χ2n) is 4.82. The molecular weight excluding hydrogens is 304 g/mol. The van der Waals surface area contributed by atoms with Crippen molar-refractivity contribution in [1.29, 1.82) is 0 Å². The Hall–Kier alpha value is -0.123. The van der Waals surface area contributed by atoms with Gasteiger partial charge < -0.3 is 4.43 Å². The molecule has 0 spiro atoms. The number of hydrogen-bond donors (Lipinski definition) is 0. The minimum atomic E-state index is -1.86. The summed E-state index contributed by atoms with van der Waals surface area (Å²) in [4.78, 5) is 0. The van der Waals surface area contributed by atoms with Crippen LogP contribution in [0.2, 0.25) is 6.04 Å². The number of unbranched alkanes of at least 4 members (excludes halogenated alkanes) is 5. The summed E-state index contributed by atoms with van der Waals surface area (Å²) in [6.45, 7) is 0.405. The number of hydrogen-bond acceptors (Lipinski definition) is 1. The van der Waals surface area contributed by atoms with Crippen LogP contribution in [0.3, 0.4) is 0 Å². The van der Waals surface area contributed by atoms with Crippen molar-refractivity contribution in [3.63, 3.8) is 0 Å². The molecule has 0 saturated heterocycles. The van der Waals surface area contributed by atoms with Crippen molar-refractivity contribution < 1.29 is 4.43 Å². The quantitative estimate of drug-likeness (QED) is 0.361. The molecule has 0 saturated carbocycles. The van der Waals surface area contributed by atoms with Crippen LogP contribution in [0.1, 0.15) is 45.4 Å². The van der Waals surface area contributed by atoms with Gasteiger partial charge in [0, 0.05) is 7.11 Å². The Bertz CT molecular complexity index is 318. The molecule has 1 aromatic rings. The maximum Gasteiger partial charge on any atom is 0.295 e. The van der Waals surface area contributed by atoms with Gasteiger partial charge in [0.15, 0.2) is 0 Å². The Morgan fingerprint density at radius 1 is 1.00 bits per heavy atom. The van der Waals surface area contributed by atoms with Crippen LogP contribution < -0.4 is 5.19 Å². The van der Waals surface area contributed by atoms with Crippen LogP contribution in [0.5, 0.6) is 0 Å². The number of benzene rings is 1. The molecule has 0 aliphatic rings. The van der Waals surface area contributed by atoms with Crippen molar-refractivity contribution in [1.82, 2.24) is 0 Å². The minimum absolute atomic E-state index is 1.17. The molecule has 0 aliphatic carbocycles. The lowest BCUT2D eigenvalue weighted by Gasteiger charge is -2.23. The van der Waals surface area contributed by atoms with Crippen molar-refractivity contribution in [3.05, 3.63) is 30.3 Å². The molecule has 0 heterocycles. The SMILES string of the molecule is CCCCCCCC[Si](Br)(OC)c1ccccc1. The third kappa shape index (κ3) is 5.25. The fraction of sp³-hybridized carbons (Fsp3) is 0.600. The molecule has 0 aromatic heterocycles. The van der Waals surface area contributed by atoms with Gasteiger partial charge in [-0.05, 0) is 11.2 Å². The maximum atomic E-state index is 5.81. The maximum absolute atomic E-state index is 5.81. The Balaban J connectivity index is 2.37. The Labute approximate surface area is 121 Å². The number of rotatable bonds is 9. The van der Waals surface area contributed by atoms with Gasteiger partial charge in [0.1, 0.15) is 0 Å². The lowest BCUT2D eigenvalue weighted by Crippen LogP contribution is -2.43. The first-order valence-electron chi connectivity index (χ1n) is 7.02. The molecule has 0 aliphatic heterocycles. The smallest absolute Gasteiger partial charge is 0.295 e. The van der Waals surface area contributed by atoms with Crippen molar-refractivity contribution in [2.45, 2.75) is 51.5 Å². The Morgan fingerprint density at radius 3 is 2.22 bits per heavy atom. The van der Waals surface area contributed by atoms with Crippen LogP contribution in [-0.2, 0) is 4.43 Å². The molecule has 1 aromatic carbocycles. The monoisotopic (exact) mass is 328 g/mol. The van der Waals surface area contributed by atoms with E-state index in [2.05, 4.69) is 52.5 Å². The van der Waals surface area contributed by atoms with E-state index in [9.17, 15) is 0 Å². The van der Waals surface area contributed by atoms with Crippen LogP contribution in [0.4, 0.5) is 0 Å². The predicted octanol–water partition coefficient (Wildman–Crippen LogP) is 4.74. The van der Waals surface area contributed by atoms with Gasteiger partial charge in [0.25, 0.3) is 6.94 Å². The van der Waals surface area contributed by atoms with E-state index < -0.39 is 6.94 Å². The summed E-state index contributed by atoms with van der Waals surface area (Å²) >= 11 is 3.89. The van der Waals surface area contributed by atoms with Gasteiger partial charge in [-0.1, -0.05) is 91.1 Å². The van der Waals surface area contributed by atoms with Crippen molar-refractivity contribution in [3.8, 4) is 0 Å². The zero-order chi connectivity index (χ0) is 13.3. The first-order chi connectivity index (χ1) is 8.73. The van der Waals surface area contributed by atoms with Gasteiger partial charge in [-0.25, -0.2) is 0 Å². The highest BCUT2D eigenvalue weighted by atomic mass is 79.9. The standard InChI is InChI=1S/C15H25BrOSi/c1-3-4-5-6-7-11-14-18(16,17-2)15-12-9-8-10-13-15/h8-10,12-13H,3-7,11,14H2,1-2H3. The van der Waals surface area contributed by atoms with Gasteiger partial charge in [0.05, 0.1) is 0 Å². The van der Waals surface area contributed by atoms with E-state index in [0.29, 0.717) is 0 Å². The highest BCUT2D eigenvalue weighted by molar-refractivity contribution is 9.26. The van der Waals surface area contributed by atoms with E-state index >= 15 is 0 Å². The van der Waals surface area contributed by atoms with Crippen LogP contribution in [0, 0.1) is 0 Å². The van der Waals surface area contributed by atoms with E-state index in [1.165, 1.54) is 49.8 Å². The summed E-state index contributed by atoms with van der Waals surface area (Å²) < 4.78 is 5.81. The fourth-order valence-corrected chi connectivity index (χ4v) is 5.94. The average Bonchev–Trinajstić information content (AvgIpc) is 2.43. The second kappa shape index (κ2) is 8.89. The number of halogens is 1. The van der Waals surface area contributed by atoms with Crippen LogP contribution in [-0.4, -0.2) is 14.0 Å². The van der Waals surface area contributed by atoms with Gasteiger partial charge in [-0.15, -0.1) is 0 Å². The summed E-state index contributed by atoms with van der Waals surface area (Å²) in [7, 11) is 1.84. The third-order valence-corrected chi connectivity index (χ3v) is 9.75. The lowest BCUT2D eigenvalue weighted by molar-refractivity contribution is 0.421. The van der Waals surface area contributed by atoms with Gasteiger partial charge in [0.2, 0.25) is 0 Å². The highest BCUT2D eigenvalue weighted by Crippen LogP contribution is 2.22. The molecule has 0 bridgehead atoms. The largest absolute Gasteiger partial charge is 0.406 e. The average molecular weight is 329 g/mol. The molecule has 102 valence electrons. The molecule has 0 N–H and O–H groups in total. The van der Waals surface area contributed by atoms with E-state index in [1.807, 2.05) is 7.11 Å². The van der Waals surface area contributed by atoms with E-state index in [0.717, 1.165) is 0 Å². The van der Waals surface area contributed by atoms with Crippen molar-refractivity contribution in [2.24, 2.45) is 0 Å².